The second kappa shape index (κ2) is 5.20. The van der Waals surface area contributed by atoms with Crippen molar-refractivity contribution in [3.63, 3.8) is 0 Å². The number of para-hydroxylation sites is 2. The first-order chi connectivity index (χ1) is 10.1. The van der Waals surface area contributed by atoms with Gasteiger partial charge < -0.3 is 0 Å². The SMILES string of the molecule is CC(=Cc1ccc(-n2cnc3ccccc32)cc1)[N+](=O)[O-]. The lowest BCUT2D eigenvalue weighted by atomic mass is 10.2. The van der Waals surface area contributed by atoms with Gasteiger partial charge in [-0.3, -0.25) is 14.7 Å². The standard InChI is InChI=1S/C16H13N3O2/c1-12(19(20)21)10-13-6-8-14(9-7-13)18-11-17-15-4-2-3-5-16(15)18/h2-11H,1H3. The van der Waals surface area contributed by atoms with Gasteiger partial charge in [-0.1, -0.05) is 24.3 Å². The summed E-state index contributed by atoms with van der Waals surface area (Å²) in [5.41, 5.74) is 3.86. The van der Waals surface area contributed by atoms with E-state index < -0.39 is 4.92 Å². The molecule has 5 heteroatoms. The highest BCUT2D eigenvalue weighted by Crippen LogP contribution is 2.19. The van der Waals surface area contributed by atoms with Gasteiger partial charge in [-0.15, -0.1) is 0 Å². The molecule has 0 aliphatic rings. The van der Waals surface area contributed by atoms with E-state index in [0.29, 0.717) is 0 Å². The molecule has 0 saturated carbocycles. The average Bonchev–Trinajstić information content (AvgIpc) is 2.92. The number of nitrogens with zero attached hydrogens (tertiary/aromatic N) is 3. The molecule has 1 aromatic heterocycles. The smallest absolute Gasteiger partial charge is 0.243 e. The summed E-state index contributed by atoms with van der Waals surface area (Å²) >= 11 is 0. The maximum atomic E-state index is 10.6. The Labute approximate surface area is 121 Å². The summed E-state index contributed by atoms with van der Waals surface area (Å²) in [6.45, 7) is 1.48. The summed E-state index contributed by atoms with van der Waals surface area (Å²) in [6, 6.07) is 15.5. The largest absolute Gasteiger partial charge is 0.299 e. The van der Waals surface area contributed by atoms with Crippen molar-refractivity contribution in [1.82, 2.24) is 9.55 Å². The fourth-order valence-electron chi connectivity index (χ4n) is 2.19. The van der Waals surface area contributed by atoms with Crippen molar-refractivity contribution in [3.8, 4) is 5.69 Å². The molecule has 1 heterocycles. The van der Waals surface area contributed by atoms with Crippen LogP contribution in [-0.4, -0.2) is 14.5 Å². The van der Waals surface area contributed by atoms with Crippen LogP contribution in [0.3, 0.4) is 0 Å². The first kappa shape index (κ1) is 13.1. The third-order valence-electron chi connectivity index (χ3n) is 3.29. The second-order valence-electron chi connectivity index (χ2n) is 4.74. The third kappa shape index (κ3) is 2.53. The number of allylic oxidation sites excluding steroid dienone is 1. The number of fused-ring (bicyclic) bond motifs is 1. The van der Waals surface area contributed by atoms with Gasteiger partial charge in [-0.05, 0) is 29.8 Å². The van der Waals surface area contributed by atoms with Crippen molar-refractivity contribution in [2.75, 3.05) is 0 Å². The molecule has 5 nitrogen and oxygen atoms in total. The highest BCUT2D eigenvalue weighted by molar-refractivity contribution is 5.77. The van der Waals surface area contributed by atoms with E-state index in [0.717, 1.165) is 22.3 Å². The molecule has 0 bridgehead atoms. The van der Waals surface area contributed by atoms with Crippen LogP contribution in [0.5, 0.6) is 0 Å². The molecule has 0 aliphatic heterocycles. The van der Waals surface area contributed by atoms with Gasteiger partial charge in [0, 0.05) is 18.7 Å². The monoisotopic (exact) mass is 279 g/mol. The van der Waals surface area contributed by atoms with Crippen LogP contribution in [0, 0.1) is 10.1 Å². The quantitative estimate of drug-likeness (QED) is 0.543. The van der Waals surface area contributed by atoms with Crippen LogP contribution in [0.2, 0.25) is 0 Å². The molecule has 0 amide bonds. The van der Waals surface area contributed by atoms with Crippen molar-refractivity contribution >= 4 is 17.1 Å². The first-order valence-corrected chi connectivity index (χ1v) is 6.50. The lowest BCUT2D eigenvalue weighted by Gasteiger charge is -2.04. The van der Waals surface area contributed by atoms with E-state index in [1.165, 1.54) is 6.92 Å². The Morgan fingerprint density at radius 2 is 1.90 bits per heavy atom. The summed E-state index contributed by atoms with van der Waals surface area (Å²) in [7, 11) is 0. The van der Waals surface area contributed by atoms with Gasteiger partial charge in [0.1, 0.15) is 6.33 Å². The number of hydrogen-bond acceptors (Lipinski definition) is 3. The molecule has 0 unspecified atom stereocenters. The molecular weight excluding hydrogens is 266 g/mol. The van der Waals surface area contributed by atoms with E-state index in [1.54, 1.807) is 12.4 Å². The molecule has 0 radical (unpaired) electrons. The lowest BCUT2D eigenvalue weighted by Crippen LogP contribution is -1.94. The van der Waals surface area contributed by atoms with Gasteiger partial charge in [0.15, 0.2) is 0 Å². The van der Waals surface area contributed by atoms with Crippen LogP contribution in [0.15, 0.2) is 60.6 Å². The number of benzene rings is 2. The van der Waals surface area contributed by atoms with Gasteiger partial charge in [0.25, 0.3) is 0 Å². The Bertz CT molecular complexity index is 832. The molecule has 2 aromatic carbocycles. The average molecular weight is 279 g/mol. The van der Waals surface area contributed by atoms with Gasteiger partial charge in [-0.25, -0.2) is 4.98 Å². The minimum atomic E-state index is -0.392. The predicted octanol–water partition coefficient (Wildman–Crippen LogP) is 3.66. The highest BCUT2D eigenvalue weighted by atomic mass is 16.6. The van der Waals surface area contributed by atoms with Gasteiger partial charge in [0.05, 0.1) is 16.0 Å². The molecule has 0 fully saturated rings. The normalized spacial score (nSPS) is 11.8. The summed E-state index contributed by atoms with van der Waals surface area (Å²) in [4.78, 5) is 14.6. The van der Waals surface area contributed by atoms with Crippen molar-refractivity contribution in [2.45, 2.75) is 6.92 Å². The fourth-order valence-corrected chi connectivity index (χ4v) is 2.19. The van der Waals surface area contributed by atoms with Crippen LogP contribution < -0.4 is 0 Å². The molecule has 0 saturated heterocycles. The van der Waals surface area contributed by atoms with Crippen LogP contribution in [0.4, 0.5) is 0 Å². The lowest BCUT2D eigenvalue weighted by molar-refractivity contribution is -0.422. The molecule has 0 atom stereocenters. The van der Waals surface area contributed by atoms with E-state index in [9.17, 15) is 10.1 Å². The van der Waals surface area contributed by atoms with Crippen molar-refractivity contribution in [1.29, 1.82) is 0 Å². The Hall–Kier alpha value is -2.95. The Morgan fingerprint density at radius 1 is 1.19 bits per heavy atom. The fraction of sp³-hybridized carbons (Fsp3) is 0.0625. The van der Waals surface area contributed by atoms with E-state index in [4.69, 9.17) is 0 Å². The minimum Gasteiger partial charge on any atom is -0.299 e. The Kier molecular flexibility index (Phi) is 3.23. The number of hydrogen-bond donors (Lipinski definition) is 0. The second-order valence-corrected chi connectivity index (χ2v) is 4.74. The predicted molar refractivity (Wildman–Crippen MR) is 81.7 cm³/mol. The third-order valence-corrected chi connectivity index (χ3v) is 3.29. The maximum Gasteiger partial charge on any atom is 0.243 e. The number of rotatable bonds is 3. The molecular formula is C16H13N3O2. The van der Waals surface area contributed by atoms with E-state index in [-0.39, 0.29) is 5.70 Å². The Balaban J connectivity index is 1.98. The van der Waals surface area contributed by atoms with Gasteiger partial charge >= 0.3 is 0 Å². The number of aromatic nitrogens is 2. The number of imidazole rings is 1. The molecule has 104 valence electrons. The summed E-state index contributed by atoms with van der Waals surface area (Å²) in [5, 5.41) is 10.6. The number of nitro groups is 1. The first-order valence-electron chi connectivity index (χ1n) is 6.50. The summed E-state index contributed by atoms with van der Waals surface area (Å²) in [6.07, 6.45) is 3.33. The topological polar surface area (TPSA) is 61.0 Å². The van der Waals surface area contributed by atoms with Crippen LogP contribution >= 0.6 is 0 Å². The van der Waals surface area contributed by atoms with E-state index in [1.807, 2.05) is 53.1 Å². The molecule has 0 aliphatic carbocycles. The van der Waals surface area contributed by atoms with Gasteiger partial charge in [-0.2, -0.15) is 0 Å². The van der Waals surface area contributed by atoms with Gasteiger partial charge in [0.2, 0.25) is 5.70 Å². The highest BCUT2D eigenvalue weighted by Gasteiger charge is 2.05. The maximum absolute atomic E-state index is 10.6. The molecule has 21 heavy (non-hydrogen) atoms. The minimum absolute atomic E-state index is 0.121. The summed E-state index contributed by atoms with van der Waals surface area (Å²) in [5.74, 6) is 0. The molecule has 3 rings (SSSR count). The molecule has 0 spiro atoms. The Morgan fingerprint density at radius 3 is 2.62 bits per heavy atom. The van der Waals surface area contributed by atoms with Crippen LogP contribution in [0.25, 0.3) is 22.8 Å². The molecule has 0 N–H and O–H groups in total. The zero-order chi connectivity index (χ0) is 14.8. The van der Waals surface area contributed by atoms with Crippen molar-refractivity contribution < 1.29 is 4.92 Å². The zero-order valence-corrected chi connectivity index (χ0v) is 11.4. The van der Waals surface area contributed by atoms with Crippen LogP contribution in [0.1, 0.15) is 12.5 Å². The van der Waals surface area contributed by atoms with Crippen molar-refractivity contribution in [3.05, 3.63) is 76.2 Å². The van der Waals surface area contributed by atoms with E-state index in [2.05, 4.69) is 4.98 Å². The zero-order valence-electron chi connectivity index (χ0n) is 11.4. The van der Waals surface area contributed by atoms with Crippen molar-refractivity contribution in [2.24, 2.45) is 0 Å². The molecule has 3 aromatic rings. The van der Waals surface area contributed by atoms with Crippen LogP contribution in [-0.2, 0) is 0 Å². The summed E-state index contributed by atoms with van der Waals surface area (Å²) < 4.78 is 1.99. The van der Waals surface area contributed by atoms with E-state index >= 15 is 0 Å².